The molecule has 0 bridgehead atoms. The average Bonchev–Trinajstić information content (AvgIpc) is 2.32. The molecule has 2 aromatic rings. The van der Waals surface area contributed by atoms with E-state index < -0.39 is 0 Å². The molecule has 0 atom stereocenters. The van der Waals surface area contributed by atoms with E-state index in [1.54, 1.807) is 27.8 Å². The van der Waals surface area contributed by atoms with Crippen LogP contribution in [0.5, 0.6) is 0 Å². The summed E-state index contributed by atoms with van der Waals surface area (Å²) in [6.45, 7) is 0. The molecule has 0 unspecified atom stereocenters. The minimum absolute atomic E-state index is 0.953. The molecule has 0 aliphatic carbocycles. The van der Waals surface area contributed by atoms with Crippen molar-refractivity contribution >= 4 is 21.6 Å². The van der Waals surface area contributed by atoms with Crippen LogP contribution in [0.2, 0.25) is 0 Å². The van der Waals surface area contributed by atoms with Gasteiger partial charge < -0.3 is 0 Å². The van der Waals surface area contributed by atoms with Gasteiger partial charge in [0.15, 0.2) is 0 Å². The quantitative estimate of drug-likeness (QED) is 0.757. The van der Waals surface area contributed by atoms with Crippen LogP contribution in [0, 0.1) is 0 Å². The summed E-state index contributed by atoms with van der Waals surface area (Å²) in [5, 5.41) is 1.05. The molecule has 0 spiro atoms. The molecule has 0 aliphatic rings. The SMILES string of the molecule is c1ccc(SSCc2cccnc2)nc1. The second kappa shape index (κ2) is 5.78. The van der Waals surface area contributed by atoms with Crippen molar-refractivity contribution in [3.8, 4) is 0 Å². The maximum absolute atomic E-state index is 4.24. The summed E-state index contributed by atoms with van der Waals surface area (Å²) in [6, 6.07) is 9.98. The summed E-state index contributed by atoms with van der Waals surface area (Å²) in [5.41, 5.74) is 1.24. The fraction of sp³-hybridized carbons (Fsp3) is 0.0909. The number of nitrogens with zero attached hydrogens (tertiary/aromatic N) is 2. The highest BCUT2D eigenvalue weighted by molar-refractivity contribution is 8.76. The summed E-state index contributed by atoms with van der Waals surface area (Å²) in [7, 11) is 3.47. The normalized spacial score (nSPS) is 10.1. The van der Waals surface area contributed by atoms with Crippen molar-refractivity contribution in [2.24, 2.45) is 0 Å². The minimum atomic E-state index is 0.953. The van der Waals surface area contributed by atoms with Gasteiger partial charge in [-0.1, -0.05) is 22.9 Å². The predicted molar refractivity (Wildman–Crippen MR) is 65.6 cm³/mol. The number of rotatable bonds is 4. The molecule has 15 heavy (non-hydrogen) atoms. The maximum atomic E-state index is 4.24. The van der Waals surface area contributed by atoms with E-state index in [0.29, 0.717) is 0 Å². The van der Waals surface area contributed by atoms with Gasteiger partial charge in [-0.3, -0.25) is 4.98 Å². The lowest BCUT2D eigenvalue weighted by atomic mass is 10.3. The Balaban J connectivity index is 1.81. The zero-order valence-electron chi connectivity index (χ0n) is 8.04. The van der Waals surface area contributed by atoms with Crippen molar-refractivity contribution < 1.29 is 0 Å². The van der Waals surface area contributed by atoms with Gasteiger partial charge in [-0.15, -0.1) is 0 Å². The average molecular weight is 234 g/mol. The van der Waals surface area contributed by atoms with E-state index >= 15 is 0 Å². The molecule has 0 N–H and O–H groups in total. The first kappa shape index (κ1) is 10.5. The molecular formula is C11H10N2S2. The molecule has 0 fully saturated rings. The zero-order valence-corrected chi connectivity index (χ0v) is 9.67. The molecule has 2 rings (SSSR count). The van der Waals surface area contributed by atoms with E-state index in [1.165, 1.54) is 5.56 Å². The topological polar surface area (TPSA) is 25.8 Å². The molecule has 76 valence electrons. The lowest BCUT2D eigenvalue weighted by Crippen LogP contribution is -1.79. The monoisotopic (exact) mass is 234 g/mol. The van der Waals surface area contributed by atoms with E-state index in [4.69, 9.17) is 0 Å². The fourth-order valence-corrected chi connectivity index (χ4v) is 3.01. The van der Waals surface area contributed by atoms with Gasteiger partial charge >= 0.3 is 0 Å². The van der Waals surface area contributed by atoms with E-state index in [2.05, 4.69) is 16.0 Å². The number of pyridine rings is 2. The number of hydrogen-bond donors (Lipinski definition) is 0. The molecule has 0 saturated heterocycles. The van der Waals surface area contributed by atoms with Crippen molar-refractivity contribution in [1.29, 1.82) is 0 Å². The zero-order chi connectivity index (χ0) is 10.3. The second-order valence-electron chi connectivity index (χ2n) is 2.87. The molecule has 0 aromatic carbocycles. The fourth-order valence-electron chi connectivity index (χ4n) is 1.04. The molecule has 0 aliphatic heterocycles. The molecule has 2 aromatic heterocycles. The molecule has 0 radical (unpaired) electrons. The van der Waals surface area contributed by atoms with Crippen molar-refractivity contribution in [3.05, 3.63) is 54.5 Å². The summed E-state index contributed by atoms with van der Waals surface area (Å²) >= 11 is 0. The molecule has 0 amide bonds. The molecule has 0 saturated carbocycles. The predicted octanol–water partition coefficient (Wildman–Crippen LogP) is 3.42. The Morgan fingerprint density at radius 3 is 2.80 bits per heavy atom. The number of hydrogen-bond acceptors (Lipinski definition) is 4. The van der Waals surface area contributed by atoms with Crippen molar-refractivity contribution in [2.75, 3.05) is 0 Å². The molecule has 2 nitrogen and oxygen atoms in total. The van der Waals surface area contributed by atoms with Gasteiger partial charge in [-0.05, 0) is 34.6 Å². The Hall–Kier alpha value is -1.00. The highest BCUT2D eigenvalue weighted by Crippen LogP contribution is 2.31. The molecular weight excluding hydrogens is 224 g/mol. The third kappa shape index (κ3) is 3.57. The second-order valence-corrected chi connectivity index (χ2v) is 5.19. The van der Waals surface area contributed by atoms with Crippen LogP contribution in [0.3, 0.4) is 0 Å². The minimum Gasteiger partial charge on any atom is -0.264 e. The van der Waals surface area contributed by atoms with Crippen molar-refractivity contribution in [1.82, 2.24) is 9.97 Å². The lowest BCUT2D eigenvalue weighted by Gasteiger charge is -1.99. The van der Waals surface area contributed by atoms with Gasteiger partial charge in [0.1, 0.15) is 5.03 Å². The van der Waals surface area contributed by atoms with Gasteiger partial charge in [0.2, 0.25) is 0 Å². The third-order valence-electron chi connectivity index (χ3n) is 1.73. The van der Waals surface area contributed by atoms with Gasteiger partial charge in [0.05, 0.1) is 0 Å². The van der Waals surface area contributed by atoms with Crippen LogP contribution in [-0.2, 0) is 5.75 Å². The van der Waals surface area contributed by atoms with Crippen LogP contribution in [0.25, 0.3) is 0 Å². The first-order valence-electron chi connectivity index (χ1n) is 4.54. The highest BCUT2D eigenvalue weighted by Gasteiger charge is 1.96. The standard InChI is InChI=1S/C11H10N2S2/c1-2-7-13-11(5-1)15-14-9-10-4-3-6-12-8-10/h1-8H,9H2. The first-order valence-corrected chi connectivity index (χ1v) is 6.86. The largest absolute Gasteiger partial charge is 0.264 e. The maximum Gasteiger partial charge on any atom is 0.106 e. The molecule has 2 heterocycles. The Kier molecular flexibility index (Phi) is 4.05. The van der Waals surface area contributed by atoms with Crippen molar-refractivity contribution in [3.63, 3.8) is 0 Å². The van der Waals surface area contributed by atoms with Crippen LogP contribution in [0.1, 0.15) is 5.56 Å². The van der Waals surface area contributed by atoms with Crippen LogP contribution >= 0.6 is 21.6 Å². The highest BCUT2D eigenvalue weighted by atomic mass is 33.1. The van der Waals surface area contributed by atoms with E-state index in [9.17, 15) is 0 Å². The summed E-state index contributed by atoms with van der Waals surface area (Å²) < 4.78 is 0. The Labute approximate surface area is 96.9 Å². The lowest BCUT2D eigenvalue weighted by molar-refractivity contribution is 1.14. The summed E-state index contributed by atoms with van der Waals surface area (Å²) in [4.78, 5) is 8.31. The van der Waals surface area contributed by atoms with E-state index in [1.807, 2.05) is 36.7 Å². The summed E-state index contributed by atoms with van der Waals surface area (Å²) in [5.74, 6) is 0.953. The molecule has 4 heteroatoms. The Morgan fingerprint density at radius 2 is 2.07 bits per heavy atom. The summed E-state index contributed by atoms with van der Waals surface area (Å²) in [6.07, 6.45) is 5.50. The smallest absolute Gasteiger partial charge is 0.106 e. The third-order valence-corrected chi connectivity index (χ3v) is 3.93. The van der Waals surface area contributed by atoms with Gasteiger partial charge in [-0.25, -0.2) is 4.98 Å². The van der Waals surface area contributed by atoms with E-state index in [-0.39, 0.29) is 0 Å². The van der Waals surface area contributed by atoms with Gasteiger partial charge in [0, 0.05) is 24.3 Å². The van der Waals surface area contributed by atoms with Crippen LogP contribution in [-0.4, -0.2) is 9.97 Å². The van der Waals surface area contributed by atoms with Crippen molar-refractivity contribution in [2.45, 2.75) is 10.8 Å². The Morgan fingerprint density at radius 1 is 1.07 bits per heavy atom. The van der Waals surface area contributed by atoms with Crippen LogP contribution in [0.15, 0.2) is 53.9 Å². The van der Waals surface area contributed by atoms with Crippen LogP contribution in [0.4, 0.5) is 0 Å². The van der Waals surface area contributed by atoms with E-state index in [0.717, 1.165) is 10.8 Å². The van der Waals surface area contributed by atoms with Crippen LogP contribution < -0.4 is 0 Å². The number of aromatic nitrogens is 2. The van der Waals surface area contributed by atoms with Gasteiger partial charge in [0.25, 0.3) is 0 Å². The first-order chi connectivity index (χ1) is 7.45. The van der Waals surface area contributed by atoms with Gasteiger partial charge in [-0.2, -0.15) is 0 Å². The Bertz CT molecular complexity index is 352.